The van der Waals surface area contributed by atoms with E-state index in [0.29, 0.717) is 40.9 Å². The molecule has 15 heteroatoms. The first-order chi connectivity index (χ1) is 31.5. The molecule has 4 aromatic carbocycles. The van der Waals surface area contributed by atoms with E-state index in [2.05, 4.69) is 27.8 Å². The number of methoxy groups -OCH3 is 1. The lowest BCUT2D eigenvalue weighted by Crippen LogP contribution is -2.69. The van der Waals surface area contributed by atoms with Crippen molar-refractivity contribution in [2.45, 2.75) is 81.1 Å². The molecule has 5 aromatic rings. The van der Waals surface area contributed by atoms with Gasteiger partial charge in [0.25, 0.3) is 5.91 Å². The van der Waals surface area contributed by atoms with Gasteiger partial charge in [-0.1, -0.05) is 42.8 Å². The summed E-state index contributed by atoms with van der Waals surface area (Å²) in [5.41, 5.74) is 4.11. The Labute approximate surface area is 375 Å². The van der Waals surface area contributed by atoms with Crippen LogP contribution in [0.4, 0.5) is 0 Å². The zero-order valence-corrected chi connectivity index (χ0v) is 36.5. The van der Waals surface area contributed by atoms with Crippen LogP contribution in [-0.2, 0) is 29.1 Å². The predicted octanol–water partition coefficient (Wildman–Crippen LogP) is 4.56. The number of aliphatic hydroxyl groups excluding tert-OH is 3. The topological polar surface area (TPSA) is 215 Å². The molecule has 4 heterocycles. The number of fused-ring (bicyclic) bond motifs is 11. The Morgan fingerprint density at radius 2 is 1.85 bits per heavy atom. The molecule has 3 aliphatic heterocycles. The molecule has 10 rings (SSSR count). The van der Waals surface area contributed by atoms with E-state index in [1.807, 2.05) is 50.6 Å². The number of phenolic OH excluding ortho intramolecular Hbond substituents is 1. The van der Waals surface area contributed by atoms with Crippen molar-refractivity contribution in [1.82, 2.24) is 20.5 Å². The summed E-state index contributed by atoms with van der Waals surface area (Å²) in [5, 5.41) is 66.2. The number of allylic oxidation sites excluding steroid dienone is 1. The Kier molecular flexibility index (Phi) is 11.3. The summed E-state index contributed by atoms with van der Waals surface area (Å²) < 4.78 is 25.5. The van der Waals surface area contributed by atoms with Gasteiger partial charge in [0.15, 0.2) is 11.4 Å². The lowest BCUT2D eigenvalue weighted by molar-refractivity contribution is -0.329. The van der Waals surface area contributed by atoms with Crippen molar-refractivity contribution >= 4 is 45.5 Å². The van der Waals surface area contributed by atoms with Crippen LogP contribution < -0.4 is 20.1 Å². The second-order valence-corrected chi connectivity index (χ2v) is 17.9. The van der Waals surface area contributed by atoms with Crippen LogP contribution in [0.3, 0.4) is 0 Å². The van der Waals surface area contributed by atoms with Gasteiger partial charge >= 0.3 is 0 Å². The van der Waals surface area contributed by atoms with Crippen molar-refractivity contribution in [3.05, 3.63) is 111 Å². The summed E-state index contributed by atoms with van der Waals surface area (Å²) in [6, 6.07) is 13.4. The zero-order chi connectivity index (χ0) is 45.3. The molecule has 2 bridgehead atoms. The number of carbonyl (C=O) groups is 2. The maximum absolute atomic E-state index is 15.1. The summed E-state index contributed by atoms with van der Waals surface area (Å²) in [6.07, 6.45) is 4.46. The second-order valence-electron chi connectivity index (χ2n) is 17.9. The Morgan fingerprint density at radius 3 is 2.63 bits per heavy atom. The fraction of sp³-hybridized carbons (Fsp3) is 0.400. The maximum Gasteiger partial charge on any atom is 0.254 e. The van der Waals surface area contributed by atoms with E-state index in [9.17, 15) is 30.3 Å². The number of carbonyl (C=O) groups excluding carboxylic acids is 2. The summed E-state index contributed by atoms with van der Waals surface area (Å²) in [7, 11) is 5.20. The van der Waals surface area contributed by atoms with Gasteiger partial charge in [0.1, 0.15) is 41.7 Å². The first-order valence-electron chi connectivity index (χ1n) is 22.2. The second kappa shape index (κ2) is 17.0. The molecule has 15 nitrogen and oxygen atoms in total. The predicted molar refractivity (Wildman–Crippen MR) is 242 cm³/mol. The van der Waals surface area contributed by atoms with E-state index in [-0.39, 0.29) is 59.7 Å². The number of aromatic hydroxyl groups is 1. The van der Waals surface area contributed by atoms with E-state index >= 15 is 4.79 Å². The fourth-order valence-corrected chi connectivity index (χ4v) is 10.8. The minimum absolute atomic E-state index is 0.0647. The van der Waals surface area contributed by atoms with E-state index in [0.717, 1.165) is 52.4 Å². The van der Waals surface area contributed by atoms with Gasteiger partial charge in [0, 0.05) is 53.2 Å². The smallest absolute Gasteiger partial charge is 0.254 e. The number of hydrogen-bond acceptors (Lipinski definition) is 13. The van der Waals surface area contributed by atoms with Crippen molar-refractivity contribution in [2.75, 3.05) is 41.0 Å². The lowest BCUT2D eigenvalue weighted by Gasteiger charge is -2.47. The number of aromatic amines is 1. The van der Waals surface area contributed by atoms with Crippen molar-refractivity contribution in [3.63, 3.8) is 0 Å². The third kappa shape index (κ3) is 7.04. The first-order valence-corrected chi connectivity index (χ1v) is 22.2. The Morgan fingerprint density at radius 1 is 1.03 bits per heavy atom. The molecule has 8 N–H and O–H groups in total. The molecule has 8 atom stereocenters. The van der Waals surface area contributed by atoms with Gasteiger partial charge in [-0.15, -0.1) is 0 Å². The SMILES string of the molecule is CNCc1ccc2[nH]cc([C@H]3/C=C/c4c(OC)cc5c6c(c(C(=O)CN7Cc8c(CNC)cccc8C7=O)c(O)c5c4O[C@H]4O[C@H](CO3)[C@@H](O)[C@H](O)[C@]4(O)CO)[C@@H]3CCC[C@@H]3C=C6)c2c1. The van der Waals surface area contributed by atoms with Gasteiger partial charge < -0.3 is 65.0 Å². The number of hydrogen-bond donors (Lipinski definition) is 8. The minimum atomic E-state index is -2.57. The zero-order valence-electron chi connectivity index (χ0n) is 36.5. The van der Waals surface area contributed by atoms with Crippen molar-refractivity contribution < 1.29 is 54.1 Å². The average molecular weight is 887 g/mol. The molecule has 0 spiro atoms. The molecule has 5 aliphatic rings. The maximum atomic E-state index is 15.1. The number of aliphatic hydroxyl groups is 4. The summed E-state index contributed by atoms with van der Waals surface area (Å²) in [5.74, 6) is -0.869. The third-order valence-electron chi connectivity index (χ3n) is 14.1. The number of ether oxygens (including phenoxy) is 4. The molecule has 1 aromatic heterocycles. The van der Waals surface area contributed by atoms with Crippen molar-refractivity contribution in [1.29, 1.82) is 0 Å². The number of aromatic nitrogens is 1. The van der Waals surface area contributed by atoms with Crippen LogP contribution in [0.15, 0.2) is 60.8 Å². The average Bonchev–Trinajstić information content (AvgIpc) is 4.04. The molecule has 65 heavy (non-hydrogen) atoms. The van der Waals surface area contributed by atoms with Crippen LogP contribution in [0.1, 0.15) is 90.9 Å². The van der Waals surface area contributed by atoms with E-state index in [1.54, 1.807) is 24.3 Å². The molecule has 1 saturated carbocycles. The summed E-state index contributed by atoms with van der Waals surface area (Å²) in [6.45, 7) is -0.256. The molecular weight excluding hydrogens is 833 g/mol. The van der Waals surface area contributed by atoms with E-state index < -0.39 is 54.4 Å². The highest BCUT2D eigenvalue weighted by Crippen LogP contribution is 2.55. The van der Waals surface area contributed by atoms with Gasteiger partial charge in [-0.3, -0.25) is 9.59 Å². The van der Waals surface area contributed by atoms with E-state index in [4.69, 9.17) is 18.9 Å². The van der Waals surface area contributed by atoms with Crippen LogP contribution in [-0.4, -0.2) is 118 Å². The minimum Gasteiger partial charge on any atom is -0.506 e. The monoisotopic (exact) mass is 886 g/mol. The number of phenols is 1. The Hall–Kier alpha value is -5.62. The Bertz CT molecular complexity index is 2780. The standard InChI is InChI=1S/C50H54N4O11/c1-51-18-25-10-14-36-32(16-25)34(20-53-36)38-15-13-31-39(62-3)17-33-29-12-11-26-6-4-8-28(26)41(29)43(37(56)22-54-21-35-27(19-52-2)7-5-9-30(35)48(54)60)45(58)42(33)46(31)65-49-50(61,24-55)47(59)44(57)40(64-49)23-63-38/h5,7,9-17,20,26,28,38,40,44,47,49,51-53,55,57-59,61H,4,6,8,18-19,21-24H2,1-3H3/b15-13+/t26-,28-,38-,40-,44-,47+,49-,50-/m1/s1. The van der Waals surface area contributed by atoms with Crippen LogP contribution >= 0.6 is 0 Å². The summed E-state index contributed by atoms with van der Waals surface area (Å²) in [4.78, 5) is 33.8. The molecule has 340 valence electrons. The van der Waals surface area contributed by atoms with Crippen molar-refractivity contribution in [2.24, 2.45) is 5.92 Å². The van der Waals surface area contributed by atoms with E-state index in [1.165, 1.54) is 12.0 Å². The van der Waals surface area contributed by atoms with Crippen LogP contribution in [0.2, 0.25) is 0 Å². The molecule has 1 saturated heterocycles. The number of nitrogens with zero attached hydrogens (tertiary/aromatic N) is 1. The quantitative estimate of drug-likeness (QED) is 0.0905. The van der Waals surface area contributed by atoms with Crippen LogP contribution in [0.5, 0.6) is 17.2 Å². The van der Waals surface area contributed by atoms with Gasteiger partial charge in [0.2, 0.25) is 6.29 Å². The van der Waals surface area contributed by atoms with Gasteiger partial charge in [0.05, 0.1) is 43.4 Å². The number of Topliss-reactive ketones (excluding diaryl/α,β-unsaturated/α-hetero) is 1. The number of amides is 1. The van der Waals surface area contributed by atoms with Crippen molar-refractivity contribution in [3.8, 4) is 17.2 Å². The van der Waals surface area contributed by atoms with Crippen LogP contribution in [0, 0.1) is 5.92 Å². The summed E-state index contributed by atoms with van der Waals surface area (Å²) >= 11 is 0. The molecule has 2 aliphatic carbocycles. The third-order valence-corrected chi connectivity index (χ3v) is 14.1. The normalized spacial score (nSPS) is 27.5. The Balaban J connectivity index is 1.18. The molecule has 1 amide bonds. The fourth-order valence-electron chi connectivity index (χ4n) is 10.8. The van der Waals surface area contributed by atoms with Gasteiger partial charge in [-0.25, -0.2) is 0 Å². The highest BCUT2D eigenvalue weighted by molar-refractivity contribution is 6.14. The first kappa shape index (κ1) is 43.3. The van der Waals surface area contributed by atoms with Crippen LogP contribution in [0.25, 0.3) is 33.8 Å². The number of H-pyrrole nitrogens is 1. The molecular formula is C50H54N4O11. The number of benzene rings is 4. The highest BCUT2D eigenvalue weighted by atomic mass is 16.7. The number of ketones is 1. The molecule has 2 fully saturated rings. The van der Waals surface area contributed by atoms with Gasteiger partial charge in [-0.2, -0.15) is 0 Å². The number of nitrogens with one attached hydrogen (secondary N) is 3. The molecule has 0 unspecified atom stereocenters. The lowest BCUT2D eigenvalue weighted by atomic mass is 9.75. The number of rotatable bonds is 10. The highest BCUT2D eigenvalue weighted by Gasteiger charge is 2.57. The largest absolute Gasteiger partial charge is 0.506 e. The molecule has 0 radical (unpaired) electrons. The van der Waals surface area contributed by atoms with Gasteiger partial charge in [-0.05, 0) is 96.9 Å².